The van der Waals surface area contributed by atoms with Crippen LogP contribution in [0.15, 0.2) is 28.7 Å². The molecule has 0 bridgehead atoms. The van der Waals surface area contributed by atoms with E-state index < -0.39 is 0 Å². The van der Waals surface area contributed by atoms with Crippen LogP contribution in [0.5, 0.6) is 0 Å². The fourth-order valence-electron chi connectivity index (χ4n) is 2.46. The highest BCUT2D eigenvalue weighted by Gasteiger charge is 2.28. The van der Waals surface area contributed by atoms with Gasteiger partial charge in [0.2, 0.25) is 5.91 Å². The second-order valence-corrected chi connectivity index (χ2v) is 5.68. The fourth-order valence-corrected chi connectivity index (χ4v) is 2.91. The van der Waals surface area contributed by atoms with Gasteiger partial charge in [-0.3, -0.25) is 4.79 Å². The molecule has 1 heterocycles. The molecule has 1 amide bonds. The summed E-state index contributed by atoms with van der Waals surface area (Å²) >= 11 is 3.46. The third-order valence-electron chi connectivity index (χ3n) is 3.25. The highest BCUT2D eigenvalue weighted by atomic mass is 79.9. The van der Waals surface area contributed by atoms with Crippen molar-refractivity contribution in [3.8, 4) is 0 Å². The summed E-state index contributed by atoms with van der Waals surface area (Å²) in [7, 11) is 0. The smallest absolute Gasteiger partial charge is 0.223 e. The topological polar surface area (TPSA) is 20.3 Å². The Labute approximate surface area is 111 Å². The molecule has 1 aromatic rings. The molecule has 1 aliphatic rings. The molecule has 2 nitrogen and oxygen atoms in total. The van der Waals surface area contributed by atoms with Crippen LogP contribution in [0.25, 0.3) is 0 Å². The Bertz CT molecular complexity index is 405. The molecule has 1 fully saturated rings. The average Bonchev–Trinajstić information content (AvgIpc) is 2.60. The first kappa shape index (κ1) is 12.6. The molecule has 1 atom stereocenters. The van der Waals surface area contributed by atoms with Gasteiger partial charge in [-0.2, -0.15) is 0 Å². The Morgan fingerprint density at radius 3 is 3.00 bits per heavy atom. The number of halogens is 1. The first-order valence-corrected chi connectivity index (χ1v) is 7.00. The molecular weight excluding hydrogens is 278 g/mol. The molecule has 1 aromatic carbocycles. The van der Waals surface area contributed by atoms with E-state index in [1.165, 1.54) is 18.4 Å². The van der Waals surface area contributed by atoms with Crippen LogP contribution in [0.2, 0.25) is 0 Å². The number of benzene rings is 1. The minimum absolute atomic E-state index is 0.309. The van der Waals surface area contributed by atoms with Gasteiger partial charge < -0.3 is 4.90 Å². The summed E-state index contributed by atoms with van der Waals surface area (Å²) in [5, 5.41) is 0. The Balaban J connectivity index is 1.98. The Kier molecular flexibility index (Phi) is 4.21. The molecule has 92 valence electrons. The van der Waals surface area contributed by atoms with Crippen molar-refractivity contribution in [1.82, 2.24) is 4.90 Å². The molecule has 2 rings (SSSR count). The summed E-state index contributed by atoms with van der Waals surface area (Å²) in [4.78, 5) is 13.9. The molecule has 0 saturated carbocycles. The second kappa shape index (κ2) is 5.67. The van der Waals surface area contributed by atoms with E-state index in [1.807, 2.05) is 17.0 Å². The van der Waals surface area contributed by atoms with Crippen molar-refractivity contribution in [3.63, 3.8) is 0 Å². The van der Waals surface area contributed by atoms with Gasteiger partial charge in [0.25, 0.3) is 0 Å². The number of amides is 1. The molecule has 1 aliphatic heterocycles. The molecule has 1 unspecified atom stereocenters. The van der Waals surface area contributed by atoms with Crippen LogP contribution in [0.1, 0.15) is 31.7 Å². The number of rotatable bonds is 4. The number of carbonyl (C=O) groups is 1. The minimum Gasteiger partial charge on any atom is -0.338 e. The quantitative estimate of drug-likeness (QED) is 0.831. The number of hydrogen-bond acceptors (Lipinski definition) is 1. The van der Waals surface area contributed by atoms with Gasteiger partial charge in [0.1, 0.15) is 0 Å². The first-order valence-electron chi connectivity index (χ1n) is 6.21. The number of likely N-dealkylation sites (tertiary alicyclic amines) is 1. The first-order chi connectivity index (χ1) is 8.19. The molecule has 3 heteroatoms. The van der Waals surface area contributed by atoms with Gasteiger partial charge in [0, 0.05) is 24.0 Å². The maximum absolute atomic E-state index is 11.9. The van der Waals surface area contributed by atoms with Gasteiger partial charge in [-0.25, -0.2) is 0 Å². The summed E-state index contributed by atoms with van der Waals surface area (Å²) in [5.41, 5.74) is 1.20. The summed E-state index contributed by atoms with van der Waals surface area (Å²) in [6, 6.07) is 8.18. The van der Waals surface area contributed by atoms with Crippen LogP contribution in [-0.2, 0) is 11.3 Å². The predicted octanol–water partition coefficient (Wildman–Crippen LogP) is 3.60. The molecule has 1 saturated heterocycles. The summed E-state index contributed by atoms with van der Waals surface area (Å²) < 4.78 is 1.08. The van der Waals surface area contributed by atoms with E-state index in [-0.39, 0.29) is 0 Å². The van der Waals surface area contributed by atoms with Gasteiger partial charge in [0.15, 0.2) is 0 Å². The van der Waals surface area contributed by atoms with Crippen molar-refractivity contribution in [2.45, 2.75) is 32.7 Å². The number of carbonyl (C=O) groups excluding carboxylic acids is 1. The van der Waals surface area contributed by atoms with Crippen LogP contribution in [0, 0.1) is 5.92 Å². The minimum atomic E-state index is 0.309. The molecule has 0 spiro atoms. The van der Waals surface area contributed by atoms with Crippen molar-refractivity contribution < 1.29 is 4.79 Å². The Morgan fingerprint density at radius 1 is 1.47 bits per heavy atom. The van der Waals surface area contributed by atoms with Crippen LogP contribution >= 0.6 is 15.9 Å². The zero-order valence-electron chi connectivity index (χ0n) is 10.2. The lowest BCUT2D eigenvalue weighted by Gasteiger charge is -2.16. The maximum Gasteiger partial charge on any atom is 0.223 e. The Hall–Kier alpha value is -0.830. The van der Waals surface area contributed by atoms with Crippen LogP contribution in [0.4, 0.5) is 0 Å². The monoisotopic (exact) mass is 295 g/mol. The van der Waals surface area contributed by atoms with Gasteiger partial charge in [-0.05, 0) is 30.0 Å². The Morgan fingerprint density at radius 2 is 2.29 bits per heavy atom. The number of nitrogens with zero attached hydrogens (tertiary/aromatic N) is 1. The van der Waals surface area contributed by atoms with E-state index in [1.54, 1.807) is 0 Å². The lowest BCUT2D eigenvalue weighted by molar-refractivity contribution is -0.128. The lowest BCUT2D eigenvalue weighted by atomic mass is 10.0. The zero-order chi connectivity index (χ0) is 12.3. The van der Waals surface area contributed by atoms with E-state index in [2.05, 4.69) is 35.0 Å². The van der Waals surface area contributed by atoms with E-state index in [9.17, 15) is 4.79 Å². The molecule has 0 N–H and O–H groups in total. The zero-order valence-corrected chi connectivity index (χ0v) is 11.7. The van der Waals surface area contributed by atoms with Crippen LogP contribution in [0.3, 0.4) is 0 Å². The van der Waals surface area contributed by atoms with Crippen molar-refractivity contribution in [2.24, 2.45) is 5.92 Å². The fraction of sp³-hybridized carbons (Fsp3) is 0.500. The van der Waals surface area contributed by atoms with Gasteiger partial charge >= 0.3 is 0 Å². The van der Waals surface area contributed by atoms with E-state index in [0.29, 0.717) is 11.8 Å². The second-order valence-electron chi connectivity index (χ2n) is 4.76. The standard InChI is InChI=1S/C14H18BrNO/c1-2-4-11-8-14(17)16(9-11)10-12-5-3-6-13(15)7-12/h3,5-7,11H,2,4,8-10H2,1H3. The summed E-state index contributed by atoms with van der Waals surface area (Å²) in [5.74, 6) is 0.878. The highest BCUT2D eigenvalue weighted by Crippen LogP contribution is 2.24. The molecular formula is C14H18BrNO. The van der Waals surface area contributed by atoms with Crippen LogP contribution in [-0.4, -0.2) is 17.4 Å². The van der Waals surface area contributed by atoms with Gasteiger partial charge in [-0.1, -0.05) is 41.4 Å². The van der Waals surface area contributed by atoms with Crippen LogP contribution < -0.4 is 0 Å². The summed E-state index contributed by atoms with van der Waals surface area (Å²) in [6.07, 6.45) is 3.07. The molecule has 0 aromatic heterocycles. The van der Waals surface area contributed by atoms with E-state index in [4.69, 9.17) is 0 Å². The van der Waals surface area contributed by atoms with Crippen molar-refractivity contribution in [2.75, 3.05) is 6.54 Å². The predicted molar refractivity (Wildman–Crippen MR) is 72.6 cm³/mol. The van der Waals surface area contributed by atoms with E-state index >= 15 is 0 Å². The summed E-state index contributed by atoms with van der Waals surface area (Å²) in [6.45, 7) is 3.86. The average molecular weight is 296 g/mol. The maximum atomic E-state index is 11.9. The van der Waals surface area contributed by atoms with Crippen molar-refractivity contribution in [1.29, 1.82) is 0 Å². The van der Waals surface area contributed by atoms with Crippen molar-refractivity contribution >= 4 is 21.8 Å². The molecule has 0 radical (unpaired) electrons. The normalized spacial score (nSPS) is 20.0. The molecule has 17 heavy (non-hydrogen) atoms. The largest absolute Gasteiger partial charge is 0.338 e. The number of hydrogen-bond donors (Lipinski definition) is 0. The van der Waals surface area contributed by atoms with Crippen molar-refractivity contribution in [3.05, 3.63) is 34.3 Å². The van der Waals surface area contributed by atoms with Gasteiger partial charge in [0.05, 0.1) is 0 Å². The SMILES string of the molecule is CCCC1CC(=O)N(Cc2cccc(Br)c2)C1. The third-order valence-corrected chi connectivity index (χ3v) is 3.75. The highest BCUT2D eigenvalue weighted by molar-refractivity contribution is 9.10. The van der Waals surface area contributed by atoms with Gasteiger partial charge in [-0.15, -0.1) is 0 Å². The van der Waals surface area contributed by atoms with E-state index in [0.717, 1.165) is 24.0 Å². The third kappa shape index (κ3) is 3.32. The lowest BCUT2D eigenvalue weighted by Crippen LogP contribution is -2.24. The molecule has 0 aliphatic carbocycles.